The quantitative estimate of drug-likeness (QED) is 0.449. The molecule has 2 fully saturated rings. The van der Waals surface area contributed by atoms with Crippen LogP contribution in [-0.2, 0) is 18.3 Å². The van der Waals surface area contributed by atoms with Crippen LogP contribution in [0, 0.1) is 11.3 Å². The van der Waals surface area contributed by atoms with Crippen LogP contribution < -0.4 is 10.6 Å². The van der Waals surface area contributed by atoms with Gasteiger partial charge >= 0.3 is 0 Å². The molecule has 2 N–H and O–H groups in total. The first-order chi connectivity index (χ1) is 10.0. The summed E-state index contributed by atoms with van der Waals surface area (Å²) in [5, 5.41) is 7.00. The van der Waals surface area contributed by atoms with Gasteiger partial charge in [0.2, 0.25) is 0 Å². The molecule has 3 rings (SSSR count). The van der Waals surface area contributed by atoms with Crippen LogP contribution in [0.4, 0.5) is 0 Å². The van der Waals surface area contributed by atoms with Gasteiger partial charge in [-0.3, -0.25) is 4.99 Å². The van der Waals surface area contributed by atoms with Crippen LogP contribution in [0.2, 0.25) is 0 Å². The predicted molar refractivity (Wildman–Crippen MR) is 99.6 cm³/mol. The van der Waals surface area contributed by atoms with Gasteiger partial charge in [0.25, 0.3) is 0 Å². The van der Waals surface area contributed by atoms with Gasteiger partial charge in [0.1, 0.15) is 0 Å². The van der Waals surface area contributed by atoms with Crippen LogP contribution >= 0.6 is 24.0 Å². The molecule has 124 valence electrons. The third-order valence-corrected chi connectivity index (χ3v) is 5.10. The third-order valence-electron chi connectivity index (χ3n) is 5.10. The van der Waals surface area contributed by atoms with Crippen molar-refractivity contribution in [2.75, 3.05) is 13.7 Å². The third kappa shape index (κ3) is 2.99. The molecule has 2 heterocycles. The highest BCUT2D eigenvalue weighted by Crippen LogP contribution is 2.52. The van der Waals surface area contributed by atoms with E-state index in [4.69, 9.17) is 4.74 Å². The maximum atomic E-state index is 5.84. The summed E-state index contributed by atoms with van der Waals surface area (Å²) in [5.74, 6) is 1.49. The first-order valence-electron chi connectivity index (χ1n) is 7.73. The van der Waals surface area contributed by atoms with E-state index in [2.05, 4.69) is 59.4 Å². The normalized spacial score (nSPS) is 29.3. The molecular formula is C16H27IN4O. The van der Waals surface area contributed by atoms with E-state index in [9.17, 15) is 0 Å². The number of rotatable bonds is 3. The van der Waals surface area contributed by atoms with Crippen LogP contribution in [-0.4, -0.2) is 36.3 Å². The summed E-state index contributed by atoms with van der Waals surface area (Å²) < 4.78 is 7.96. The molecule has 0 spiro atoms. The van der Waals surface area contributed by atoms with Crippen molar-refractivity contribution in [3.8, 4) is 0 Å². The smallest absolute Gasteiger partial charge is 0.191 e. The summed E-state index contributed by atoms with van der Waals surface area (Å²) in [6.07, 6.45) is 3.62. The number of halogens is 1. The number of nitrogens with one attached hydrogen (secondary N) is 2. The first kappa shape index (κ1) is 17.6. The Morgan fingerprint density at radius 3 is 2.91 bits per heavy atom. The van der Waals surface area contributed by atoms with Crippen molar-refractivity contribution in [1.82, 2.24) is 15.2 Å². The van der Waals surface area contributed by atoms with Crippen molar-refractivity contribution < 1.29 is 4.74 Å². The minimum atomic E-state index is 0. The Balaban J connectivity index is 0.00000176. The van der Waals surface area contributed by atoms with E-state index < -0.39 is 0 Å². The number of fused-ring (bicyclic) bond motifs is 1. The van der Waals surface area contributed by atoms with E-state index in [-0.39, 0.29) is 29.4 Å². The van der Waals surface area contributed by atoms with Gasteiger partial charge in [-0.25, -0.2) is 0 Å². The molecule has 1 aliphatic carbocycles. The molecule has 1 aromatic heterocycles. The summed E-state index contributed by atoms with van der Waals surface area (Å²) in [5.41, 5.74) is 1.41. The number of hydrogen-bond acceptors (Lipinski definition) is 2. The van der Waals surface area contributed by atoms with E-state index in [0.29, 0.717) is 18.1 Å². The van der Waals surface area contributed by atoms with Crippen molar-refractivity contribution in [3.63, 3.8) is 0 Å². The topological polar surface area (TPSA) is 50.6 Å². The van der Waals surface area contributed by atoms with Crippen LogP contribution in [0.25, 0.3) is 0 Å². The zero-order valence-corrected chi connectivity index (χ0v) is 16.1. The molecule has 3 unspecified atom stereocenters. The molecule has 0 aromatic carbocycles. The van der Waals surface area contributed by atoms with Gasteiger partial charge in [0.05, 0.1) is 12.6 Å². The summed E-state index contributed by atoms with van der Waals surface area (Å²) in [4.78, 5) is 4.36. The second kappa shape index (κ2) is 6.78. The molecular weight excluding hydrogens is 391 g/mol. The second-order valence-corrected chi connectivity index (χ2v) is 6.72. The number of guanidine groups is 1. The lowest BCUT2D eigenvalue weighted by molar-refractivity contribution is -0.106. The lowest BCUT2D eigenvalue weighted by Gasteiger charge is -2.54. The Bertz CT molecular complexity index is 540. The lowest BCUT2D eigenvalue weighted by atomic mass is 9.57. The van der Waals surface area contributed by atoms with E-state index >= 15 is 0 Å². The number of aliphatic imine (C=N–C) groups is 1. The van der Waals surface area contributed by atoms with Crippen molar-refractivity contribution >= 4 is 29.9 Å². The highest BCUT2D eigenvalue weighted by molar-refractivity contribution is 14.0. The Hall–Kier alpha value is -0.760. The number of aromatic nitrogens is 1. The summed E-state index contributed by atoms with van der Waals surface area (Å²) >= 11 is 0. The Labute approximate surface area is 149 Å². The average molecular weight is 418 g/mol. The lowest BCUT2D eigenvalue weighted by Crippen LogP contribution is -2.67. The maximum Gasteiger partial charge on any atom is 0.191 e. The van der Waals surface area contributed by atoms with Crippen LogP contribution in [0.5, 0.6) is 0 Å². The minimum Gasteiger partial charge on any atom is -0.377 e. The molecule has 6 heteroatoms. The van der Waals surface area contributed by atoms with Gasteiger partial charge in [-0.1, -0.05) is 13.8 Å². The summed E-state index contributed by atoms with van der Waals surface area (Å²) in [6.45, 7) is 6.23. The van der Waals surface area contributed by atoms with Crippen molar-refractivity contribution in [2.45, 2.75) is 39.0 Å². The van der Waals surface area contributed by atoms with E-state index in [1.807, 2.05) is 7.05 Å². The predicted octanol–water partition coefficient (Wildman–Crippen LogP) is 2.12. The van der Waals surface area contributed by atoms with Gasteiger partial charge in [0, 0.05) is 50.0 Å². The molecule has 0 bridgehead atoms. The van der Waals surface area contributed by atoms with Crippen molar-refractivity contribution in [3.05, 3.63) is 24.0 Å². The zero-order valence-electron chi connectivity index (χ0n) is 13.8. The Kier molecular flexibility index (Phi) is 5.42. The van der Waals surface area contributed by atoms with Gasteiger partial charge in [-0.15, -0.1) is 24.0 Å². The molecule has 3 atom stereocenters. The molecule has 1 aromatic rings. The van der Waals surface area contributed by atoms with E-state index in [0.717, 1.165) is 25.5 Å². The molecule has 0 radical (unpaired) electrons. The highest BCUT2D eigenvalue weighted by atomic mass is 127. The standard InChI is InChI=1S/C16H26N4O.HI/c1-16(2)13(12-7-9-21-14(12)16)19-15(17-3)18-10-11-6-5-8-20(11)4;/h5-6,8,12-14H,7,9-10H2,1-4H3,(H2,17,18,19);1H. The number of nitrogens with zero attached hydrogens (tertiary/aromatic N) is 2. The van der Waals surface area contributed by atoms with Gasteiger partial charge in [-0.05, 0) is 18.6 Å². The summed E-state index contributed by atoms with van der Waals surface area (Å²) in [7, 11) is 3.89. The van der Waals surface area contributed by atoms with Gasteiger partial charge in [0.15, 0.2) is 5.96 Å². The maximum absolute atomic E-state index is 5.84. The minimum absolute atomic E-state index is 0. The molecule has 1 aliphatic heterocycles. The molecule has 1 saturated carbocycles. The fourth-order valence-corrected chi connectivity index (χ4v) is 3.81. The average Bonchev–Trinajstić information content (AvgIpc) is 3.07. The fourth-order valence-electron chi connectivity index (χ4n) is 3.81. The van der Waals surface area contributed by atoms with Gasteiger partial charge < -0.3 is 19.9 Å². The molecule has 0 amide bonds. The Morgan fingerprint density at radius 2 is 2.27 bits per heavy atom. The number of aryl methyl sites for hydroxylation is 1. The number of hydrogen-bond donors (Lipinski definition) is 2. The van der Waals surface area contributed by atoms with Gasteiger partial charge in [-0.2, -0.15) is 0 Å². The highest BCUT2D eigenvalue weighted by Gasteiger charge is 2.59. The summed E-state index contributed by atoms with van der Waals surface area (Å²) in [6, 6.07) is 4.61. The van der Waals surface area contributed by atoms with Crippen molar-refractivity contribution in [2.24, 2.45) is 23.4 Å². The fraction of sp³-hybridized carbons (Fsp3) is 0.688. The monoisotopic (exact) mass is 418 g/mol. The molecule has 2 aliphatic rings. The van der Waals surface area contributed by atoms with Crippen LogP contribution in [0.15, 0.2) is 23.3 Å². The molecule has 1 saturated heterocycles. The van der Waals surface area contributed by atoms with Crippen molar-refractivity contribution in [1.29, 1.82) is 0 Å². The molecule has 22 heavy (non-hydrogen) atoms. The zero-order chi connectivity index (χ0) is 15.0. The SMILES string of the molecule is CN=C(NCc1cccn1C)NC1C2CCOC2C1(C)C.I. The Morgan fingerprint density at radius 1 is 1.50 bits per heavy atom. The van der Waals surface area contributed by atoms with E-state index in [1.165, 1.54) is 5.69 Å². The number of ether oxygens (including phenoxy) is 1. The van der Waals surface area contributed by atoms with Crippen LogP contribution in [0.1, 0.15) is 26.0 Å². The largest absolute Gasteiger partial charge is 0.377 e. The second-order valence-electron chi connectivity index (χ2n) is 6.72. The molecule has 5 nitrogen and oxygen atoms in total. The first-order valence-corrected chi connectivity index (χ1v) is 7.73. The van der Waals surface area contributed by atoms with Crippen LogP contribution in [0.3, 0.4) is 0 Å². The van der Waals surface area contributed by atoms with E-state index in [1.54, 1.807) is 0 Å².